The Hall–Kier alpha value is -0.610. The molecule has 1 aromatic rings. The normalized spacial score (nSPS) is 24.0. The first-order chi connectivity index (χ1) is 9.67. The first kappa shape index (κ1) is 15.8. The molecule has 0 saturated carbocycles. The van der Waals surface area contributed by atoms with E-state index in [1.807, 2.05) is 19.2 Å². The molecular weight excluding hydrogens is 272 g/mol. The molecule has 1 heterocycles. The van der Waals surface area contributed by atoms with Gasteiger partial charge in [0.1, 0.15) is 0 Å². The van der Waals surface area contributed by atoms with Crippen LogP contribution in [0.2, 0.25) is 5.02 Å². The Bertz CT molecular complexity index is 420. The van der Waals surface area contributed by atoms with Crippen LogP contribution in [-0.4, -0.2) is 44.3 Å². The van der Waals surface area contributed by atoms with Crippen molar-refractivity contribution in [3.8, 4) is 0 Å². The van der Waals surface area contributed by atoms with Crippen molar-refractivity contribution in [1.82, 2.24) is 10.2 Å². The molecule has 0 amide bonds. The van der Waals surface area contributed by atoms with E-state index in [4.69, 9.17) is 16.3 Å². The van der Waals surface area contributed by atoms with E-state index >= 15 is 0 Å². The Kier molecular flexibility index (Phi) is 5.85. The number of benzene rings is 1. The van der Waals surface area contributed by atoms with Crippen LogP contribution < -0.4 is 5.32 Å². The van der Waals surface area contributed by atoms with Crippen LogP contribution in [0.3, 0.4) is 0 Å². The average molecular weight is 297 g/mol. The molecule has 1 fully saturated rings. The number of rotatable bonds is 5. The van der Waals surface area contributed by atoms with E-state index in [1.54, 1.807) is 0 Å². The highest BCUT2D eigenvalue weighted by Crippen LogP contribution is 2.32. The fraction of sp³-hybridized carbons (Fsp3) is 0.625. The molecule has 0 bridgehead atoms. The third-order valence-electron chi connectivity index (χ3n) is 3.92. The van der Waals surface area contributed by atoms with Crippen LogP contribution in [0.1, 0.15) is 30.5 Å². The lowest BCUT2D eigenvalue weighted by atomic mass is 9.94. The SMILES string of the molecule is CCCN1CCOC(CNC)C1c1ccc(Cl)cc1C. The fourth-order valence-electron chi connectivity index (χ4n) is 3.06. The zero-order chi connectivity index (χ0) is 14.5. The van der Waals surface area contributed by atoms with Gasteiger partial charge in [0.05, 0.1) is 18.8 Å². The molecule has 2 unspecified atom stereocenters. The molecule has 0 radical (unpaired) electrons. The van der Waals surface area contributed by atoms with Crippen LogP contribution in [0.25, 0.3) is 0 Å². The van der Waals surface area contributed by atoms with Gasteiger partial charge >= 0.3 is 0 Å². The summed E-state index contributed by atoms with van der Waals surface area (Å²) in [6, 6.07) is 6.50. The molecule has 2 atom stereocenters. The number of morpholine rings is 1. The predicted molar refractivity (Wildman–Crippen MR) is 84.5 cm³/mol. The number of aryl methyl sites for hydroxylation is 1. The van der Waals surface area contributed by atoms with Gasteiger partial charge in [0.25, 0.3) is 0 Å². The Labute approximate surface area is 127 Å². The third kappa shape index (κ3) is 3.53. The largest absolute Gasteiger partial charge is 0.374 e. The van der Waals surface area contributed by atoms with Crippen LogP contribution in [0.5, 0.6) is 0 Å². The highest BCUT2D eigenvalue weighted by molar-refractivity contribution is 6.30. The summed E-state index contributed by atoms with van der Waals surface area (Å²) < 4.78 is 6.01. The number of halogens is 1. The van der Waals surface area contributed by atoms with E-state index in [1.165, 1.54) is 11.1 Å². The van der Waals surface area contributed by atoms with E-state index in [0.717, 1.165) is 37.7 Å². The summed E-state index contributed by atoms with van der Waals surface area (Å²) in [6.45, 7) is 8.16. The van der Waals surface area contributed by atoms with Crippen molar-refractivity contribution in [3.05, 3.63) is 34.3 Å². The van der Waals surface area contributed by atoms with Crippen molar-refractivity contribution in [2.75, 3.05) is 33.3 Å². The number of hydrogen-bond donors (Lipinski definition) is 1. The Morgan fingerprint density at radius 1 is 1.45 bits per heavy atom. The van der Waals surface area contributed by atoms with Crippen LogP contribution in [0, 0.1) is 6.92 Å². The van der Waals surface area contributed by atoms with E-state index in [0.29, 0.717) is 6.04 Å². The molecule has 1 aliphatic heterocycles. The van der Waals surface area contributed by atoms with Gasteiger partial charge in [0.15, 0.2) is 0 Å². The fourth-order valence-corrected chi connectivity index (χ4v) is 3.29. The monoisotopic (exact) mass is 296 g/mol. The van der Waals surface area contributed by atoms with Crippen molar-refractivity contribution in [2.24, 2.45) is 0 Å². The Morgan fingerprint density at radius 3 is 2.90 bits per heavy atom. The summed E-state index contributed by atoms with van der Waals surface area (Å²) in [5, 5.41) is 4.05. The maximum Gasteiger partial charge on any atom is 0.0896 e. The minimum atomic E-state index is 0.195. The average Bonchev–Trinajstić information content (AvgIpc) is 2.41. The standard InChI is InChI=1S/C16H25ClN2O/c1-4-7-19-8-9-20-15(11-18-3)16(19)14-6-5-13(17)10-12(14)2/h5-6,10,15-16,18H,4,7-9,11H2,1-3H3. The third-order valence-corrected chi connectivity index (χ3v) is 4.16. The maximum atomic E-state index is 6.09. The summed E-state index contributed by atoms with van der Waals surface area (Å²) in [5.41, 5.74) is 2.58. The van der Waals surface area contributed by atoms with Gasteiger partial charge in [0, 0.05) is 18.1 Å². The summed E-state index contributed by atoms with van der Waals surface area (Å²) in [5.74, 6) is 0. The minimum Gasteiger partial charge on any atom is -0.374 e. The predicted octanol–water partition coefficient (Wildman–Crippen LogP) is 3.02. The summed E-state index contributed by atoms with van der Waals surface area (Å²) in [7, 11) is 1.98. The van der Waals surface area contributed by atoms with E-state index < -0.39 is 0 Å². The van der Waals surface area contributed by atoms with E-state index in [-0.39, 0.29) is 6.10 Å². The van der Waals surface area contributed by atoms with E-state index in [2.05, 4.69) is 30.1 Å². The molecule has 1 aliphatic rings. The Morgan fingerprint density at radius 2 is 2.25 bits per heavy atom. The second kappa shape index (κ2) is 7.41. The smallest absolute Gasteiger partial charge is 0.0896 e. The van der Waals surface area contributed by atoms with Crippen LogP contribution >= 0.6 is 11.6 Å². The molecule has 0 aliphatic carbocycles. The van der Waals surface area contributed by atoms with Crippen molar-refractivity contribution in [1.29, 1.82) is 0 Å². The van der Waals surface area contributed by atoms with Crippen LogP contribution in [-0.2, 0) is 4.74 Å². The second-order valence-corrected chi connectivity index (χ2v) is 5.89. The van der Waals surface area contributed by atoms with Gasteiger partial charge in [0.2, 0.25) is 0 Å². The molecule has 4 heteroatoms. The summed E-state index contributed by atoms with van der Waals surface area (Å²) in [4.78, 5) is 2.54. The number of nitrogens with zero attached hydrogens (tertiary/aromatic N) is 1. The van der Waals surface area contributed by atoms with Gasteiger partial charge in [-0.1, -0.05) is 24.6 Å². The summed E-state index contributed by atoms with van der Waals surface area (Å²) in [6.07, 6.45) is 1.36. The van der Waals surface area contributed by atoms with Crippen molar-refractivity contribution >= 4 is 11.6 Å². The zero-order valence-corrected chi connectivity index (χ0v) is 13.4. The lowest BCUT2D eigenvalue weighted by molar-refractivity contribution is -0.0706. The van der Waals surface area contributed by atoms with Crippen LogP contribution in [0.15, 0.2) is 18.2 Å². The maximum absolute atomic E-state index is 6.09. The molecule has 1 aromatic carbocycles. The number of ether oxygens (including phenoxy) is 1. The van der Waals surface area contributed by atoms with E-state index in [9.17, 15) is 0 Å². The quantitative estimate of drug-likeness (QED) is 0.904. The molecular formula is C16H25ClN2O. The second-order valence-electron chi connectivity index (χ2n) is 5.45. The van der Waals surface area contributed by atoms with Gasteiger partial charge in [-0.15, -0.1) is 0 Å². The van der Waals surface area contributed by atoms with Crippen LogP contribution in [0.4, 0.5) is 0 Å². The van der Waals surface area contributed by atoms with Gasteiger partial charge in [-0.25, -0.2) is 0 Å². The first-order valence-corrected chi connectivity index (χ1v) is 7.81. The zero-order valence-electron chi connectivity index (χ0n) is 12.7. The highest BCUT2D eigenvalue weighted by atomic mass is 35.5. The number of nitrogens with one attached hydrogen (secondary N) is 1. The lowest BCUT2D eigenvalue weighted by Crippen LogP contribution is -2.49. The van der Waals surface area contributed by atoms with Crippen molar-refractivity contribution in [3.63, 3.8) is 0 Å². The molecule has 1 N–H and O–H groups in total. The molecule has 1 saturated heterocycles. The molecule has 20 heavy (non-hydrogen) atoms. The molecule has 2 rings (SSSR count). The molecule has 0 spiro atoms. The topological polar surface area (TPSA) is 24.5 Å². The molecule has 0 aromatic heterocycles. The first-order valence-electron chi connectivity index (χ1n) is 7.43. The summed E-state index contributed by atoms with van der Waals surface area (Å²) >= 11 is 6.09. The number of likely N-dealkylation sites (N-methyl/N-ethyl adjacent to an activating group) is 1. The van der Waals surface area contributed by atoms with Crippen molar-refractivity contribution in [2.45, 2.75) is 32.4 Å². The number of hydrogen-bond acceptors (Lipinski definition) is 3. The van der Waals surface area contributed by atoms with Crippen molar-refractivity contribution < 1.29 is 4.74 Å². The van der Waals surface area contributed by atoms with Gasteiger partial charge in [-0.05, 0) is 50.2 Å². The lowest BCUT2D eigenvalue weighted by Gasteiger charge is -2.42. The van der Waals surface area contributed by atoms with Gasteiger partial charge in [-0.2, -0.15) is 0 Å². The Balaban J connectivity index is 2.32. The minimum absolute atomic E-state index is 0.195. The molecule has 3 nitrogen and oxygen atoms in total. The van der Waals surface area contributed by atoms with Gasteiger partial charge < -0.3 is 10.1 Å². The highest BCUT2D eigenvalue weighted by Gasteiger charge is 2.33. The molecule has 112 valence electrons. The van der Waals surface area contributed by atoms with Gasteiger partial charge in [-0.3, -0.25) is 4.90 Å².